The highest BCUT2D eigenvalue weighted by atomic mass is 35.5. The lowest BCUT2D eigenvalue weighted by Gasteiger charge is -2.28. The van der Waals surface area contributed by atoms with E-state index in [1.54, 1.807) is 0 Å². The Hall–Kier alpha value is -0.513. The molecule has 1 fully saturated rings. The summed E-state index contributed by atoms with van der Waals surface area (Å²) in [6, 6.07) is 8.65. The van der Waals surface area contributed by atoms with Gasteiger partial charge in [-0.25, -0.2) is 0 Å². The smallest absolute Gasteiger partial charge is 0.242 e. The van der Waals surface area contributed by atoms with Crippen LogP contribution in [0.3, 0.4) is 0 Å². The number of halogens is 1. The third-order valence-corrected chi connectivity index (χ3v) is 4.69. The number of rotatable bonds is 4. The molecule has 1 aliphatic rings. The van der Waals surface area contributed by atoms with E-state index in [1.807, 2.05) is 0 Å². The lowest BCUT2D eigenvalue weighted by molar-refractivity contribution is 0.308. The molecule has 0 saturated heterocycles. The Labute approximate surface area is 130 Å². The molecule has 2 nitrogen and oxygen atoms in total. The number of hydrogen-bond acceptors (Lipinski definition) is 2. The Bertz CT molecular complexity index is 396. The van der Waals surface area contributed by atoms with Crippen LogP contribution in [0.15, 0.2) is 24.3 Å². The highest BCUT2D eigenvalue weighted by Crippen LogP contribution is 2.33. The Kier molecular flexibility index (Phi) is 6.56. The van der Waals surface area contributed by atoms with Gasteiger partial charge in [0.25, 0.3) is 0 Å². The van der Waals surface area contributed by atoms with Gasteiger partial charge in [0.2, 0.25) is 8.32 Å². The first-order valence-electron chi connectivity index (χ1n) is 7.50. The third kappa shape index (κ3) is 5.11. The third-order valence-electron chi connectivity index (χ3n) is 3.85. The molecular formula is C16H28ClNOSi. The zero-order valence-electron chi connectivity index (χ0n) is 12.9. The molecule has 0 spiro atoms. The molecule has 114 valence electrons. The molecule has 1 atom stereocenters. The van der Waals surface area contributed by atoms with Gasteiger partial charge in [-0.1, -0.05) is 31.4 Å². The average Bonchev–Trinajstić information content (AvgIpc) is 2.38. The first-order chi connectivity index (χ1) is 8.96. The molecule has 0 bridgehead atoms. The van der Waals surface area contributed by atoms with Crippen LogP contribution in [0.2, 0.25) is 19.6 Å². The summed E-state index contributed by atoms with van der Waals surface area (Å²) in [5.74, 6) is 1.65. The van der Waals surface area contributed by atoms with E-state index in [0.717, 1.165) is 5.75 Å². The zero-order valence-corrected chi connectivity index (χ0v) is 14.7. The lowest BCUT2D eigenvalue weighted by Crippen LogP contribution is -2.29. The van der Waals surface area contributed by atoms with Crippen molar-refractivity contribution < 1.29 is 4.43 Å². The van der Waals surface area contributed by atoms with E-state index < -0.39 is 8.32 Å². The molecule has 0 aromatic heterocycles. The summed E-state index contributed by atoms with van der Waals surface area (Å²) in [5, 5.41) is 0. The van der Waals surface area contributed by atoms with Crippen LogP contribution in [-0.2, 0) is 0 Å². The fraction of sp³-hybridized carbons (Fsp3) is 0.625. The minimum atomic E-state index is -1.51. The van der Waals surface area contributed by atoms with E-state index in [0.29, 0.717) is 5.92 Å². The Balaban J connectivity index is 0.00000200. The minimum absolute atomic E-state index is 0. The van der Waals surface area contributed by atoms with Crippen molar-refractivity contribution in [3.63, 3.8) is 0 Å². The molecule has 0 heterocycles. The second kappa shape index (κ2) is 7.48. The number of benzene rings is 1. The average molecular weight is 314 g/mol. The number of hydrogen-bond donors (Lipinski definition) is 1. The van der Waals surface area contributed by atoms with Crippen LogP contribution in [0.25, 0.3) is 0 Å². The van der Waals surface area contributed by atoms with Crippen LogP contribution in [-0.4, -0.2) is 8.32 Å². The van der Waals surface area contributed by atoms with E-state index >= 15 is 0 Å². The molecule has 2 N–H and O–H groups in total. The minimum Gasteiger partial charge on any atom is -0.544 e. The predicted molar refractivity (Wildman–Crippen MR) is 91.2 cm³/mol. The molecular weight excluding hydrogens is 286 g/mol. The van der Waals surface area contributed by atoms with Crippen LogP contribution < -0.4 is 10.2 Å². The SMILES string of the molecule is C[Si](C)(C)Oc1ccc([C@H](N)C2CCCCC2)cc1.Cl. The summed E-state index contributed by atoms with van der Waals surface area (Å²) in [6.07, 6.45) is 6.64. The molecule has 0 aliphatic heterocycles. The summed E-state index contributed by atoms with van der Waals surface area (Å²) < 4.78 is 5.98. The highest BCUT2D eigenvalue weighted by Gasteiger charge is 2.22. The largest absolute Gasteiger partial charge is 0.544 e. The fourth-order valence-corrected chi connectivity index (χ4v) is 3.72. The monoisotopic (exact) mass is 313 g/mol. The van der Waals surface area contributed by atoms with Crippen molar-refractivity contribution in [3.05, 3.63) is 29.8 Å². The quantitative estimate of drug-likeness (QED) is 0.802. The van der Waals surface area contributed by atoms with Gasteiger partial charge in [0.15, 0.2) is 0 Å². The van der Waals surface area contributed by atoms with Crippen LogP contribution >= 0.6 is 12.4 Å². The molecule has 4 heteroatoms. The van der Waals surface area contributed by atoms with Gasteiger partial charge in [-0.2, -0.15) is 0 Å². The highest BCUT2D eigenvalue weighted by molar-refractivity contribution is 6.70. The predicted octanol–water partition coefficient (Wildman–Crippen LogP) is 4.90. The van der Waals surface area contributed by atoms with Crippen LogP contribution in [0.5, 0.6) is 5.75 Å². The lowest BCUT2D eigenvalue weighted by atomic mass is 9.81. The van der Waals surface area contributed by atoms with Gasteiger partial charge < -0.3 is 10.2 Å². The molecule has 1 aliphatic carbocycles. The van der Waals surface area contributed by atoms with Crippen molar-refractivity contribution in [1.82, 2.24) is 0 Å². The molecule has 0 amide bonds. The summed E-state index contributed by atoms with van der Waals surface area (Å²) >= 11 is 0. The first-order valence-corrected chi connectivity index (χ1v) is 10.9. The van der Waals surface area contributed by atoms with E-state index in [4.69, 9.17) is 10.2 Å². The van der Waals surface area contributed by atoms with Crippen molar-refractivity contribution in [2.45, 2.75) is 57.8 Å². The first kappa shape index (κ1) is 17.5. The Morgan fingerprint density at radius 3 is 2.10 bits per heavy atom. The number of nitrogens with two attached hydrogens (primary N) is 1. The van der Waals surface area contributed by atoms with E-state index in [1.165, 1.54) is 37.7 Å². The van der Waals surface area contributed by atoms with Gasteiger partial charge in [-0.15, -0.1) is 12.4 Å². The summed E-state index contributed by atoms with van der Waals surface area (Å²) in [4.78, 5) is 0. The summed E-state index contributed by atoms with van der Waals surface area (Å²) in [6.45, 7) is 6.61. The second-order valence-corrected chi connectivity index (χ2v) is 11.1. The van der Waals surface area contributed by atoms with Gasteiger partial charge in [-0.3, -0.25) is 0 Å². The second-order valence-electron chi connectivity index (χ2n) is 6.71. The molecule has 20 heavy (non-hydrogen) atoms. The van der Waals surface area contributed by atoms with E-state index in [2.05, 4.69) is 43.9 Å². The van der Waals surface area contributed by atoms with Crippen LogP contribution in [0, 0.1) is 5.92 Å². The van der Waals surface area contributed by atoms with Gasteiger partial charge in [0.05, 0.1) is 0 Å². The van der Waals surface area contributed by atoms with Gasteiger partial charge >= 0.3 is 0 Å². The van der Waals surface area contributed by atoms with E-state index in [9.17, 15) is 0 Å². The van der Waals surface area contributed by atoms with Crippen molar-refractivity contribution >= 4 is 20.7 Å². The molecule has 1 saturated carbocycles. The normalized spacial score (nSPS) is 18.2. The van der Waals surface area contributed by atoms with Crippen molar-refractivity contribution in [3.8, 4) is 5.75 Å². The van der Waals surface area contributed by atoms with Crippen molar-refractivity contribution in [2.24, 2.45) is 11.7 Å². The molecule has 2 rings (SSSR count). The maximum atomic E-state index is 6.41. The van der Waals surface area contributed by atoms with Gasteiger partial charge in [0, 0.05) is 6.04 Å². The van der Waals surface area contributed by atoms with Crippen LogP contribution in [0.1, 0.15) is 43.7 Å². The maximum absolute atomic E-state index is 6.41. The summed E-state index contributed by atoms with van der Waals surface area (Å²) in [7, 11) is -1.51. The van der Waals surface area contributed by atoms with Gasteiger partial charge in [0.1, 0.15) is 5.75 Å². The molecule has 0 unspecified atom stereocenters. The van der Waals surface area contributed by atoms with E-state index in [-0.39, 0.29) is 18.4 Å². The topological polar surface area (TPSA) is 35.2 Å². The molecule has 1 aromatic rings. The van der Waals surface area contributed by atoms with Gasteiger partial charge in [-0.05, 0) is 56.1 Å². The van der Waals surface area contributed by atoms with Crippen molar-refractivity contribution in [2.75, 3.05) is 0 Å². The zero-order chi connectivity index (χ0) is 13.9. The standard InChI is InChI=1S/C16H27NOSi.ClH/c1-19(2,3)18-15-11-9-14(10-12-15)16(17)13-7-5-4-6-8-13;/h9-13,16H,4-8,17H2,1-3H3;1H/t16-;/m1./s1. The van der Waals surface area contributed by atoms with Crippen LogP contribution in [0.4, 0.5) is 0 Å². The Morgan fingerprint density at radius 2 is 1.60 bits per heavy atom. The maximum Gasteiger partial charge on any atom is 0.242 e. The fourth-order valence-electron chi connectivity index (χ4n) is 2.88. The van der Waals surface area contributed by atoms with Crippen molar-refractivity contribution in [1.29, 1.82) is 0 Å². The summed E-state index contributed by atoms with van der Waals surface area (Å²) in [5.41, 5.74) is 7.67. The Morgan fingerprint density at radius 1 is 1.05 bits per heavy atom. The molecule has 1 aromatic carbocycles. The molecule has 0 radical (unpaired) electrons.